The quantitative estimate of drug-likeness (QED) is 0.801. The normalized spacial score (nSPS) is 21.0. The van der Waals surface area contributed by atoms with Crippen LogP contribution in [-0.4, -0.2) is 23.0 Å². The molecule has 2 aromatic rings. The topological polar surface area (TPSA) is 66.0 Å². The van der Waals surface area contributed by atoms with Crippen molar-refractivity contribution in [1.29, 1.82) is 0 Å². The van der Waals surface area contributed by atoms with Crippen LogP contribution in [-0.2, 0) is 11.3 Å². The first-order valence-corrected chi connectivity index (χ1v) is 8.36. The van der Waals surface area contributed by atoms with E-state index in [9.17, 15) is 4.79 Å². The van der Waals surface area contributed by atoms with Gasteiger partial charge in [0.1, 0.15) is 11.0 Å². The number of hydrogen-bond donors (Lipinski definition) is 3. The van der Waals surface area contributed by atoms with E-state index in [-0.39, 0.29) is 11.9 Å². The zero-order chi connectivity index (χ0) is 15.5. The van der Waals surface area contributed by atoms with Crippen molar-refractivity contribution in [3.05, 3.63) is 39.7 Å². The van der Waals surface area contributed by atoms with Crippen molar-refractivity contribution < 1.29 is 4.79 Å². The van der Waals surface area contributed by atoms with Crippen LogP contribution < -0.4 is 16.2 Å². The van der Waals surface area contributed by atoms with E-state index >= 15 is 0 Å². The summed E-state index contributed by atoms with van der Waals surface area (Å²) in [7, 11) is 0. The molecule has 0 saturated carbocycles. The van der Waals surface area contributed by atoms with Gasteiger partial charge in [0.2, 0.25) is 5.91 Å². The highest BCUT2D eigenvalue weighted by Gasteiger charge is 2.26. The first kappa shape index (κ1) is 15.4. The molecule has 2 unspecified atom stereocenters. The Balaban J connectivity index is 1.58. The fourth-order valence-electron chi connectivity index (χ4n) is 2.32. The molecule has 1 aromatic heterocycles. The predicted octanol–water partition coefficient (Wildman–Crippen LogP) is 2.33. The van der Waals surface area contributed by atoms with Gasteiger partial charge in [0.25, 0.3) is 0 Å². The zero-order valence-electron chi connectivity index (χ0n) is 12.1. The minimum atomic E-state index is -0.175. The SMILES string of the molecule is CC1CC(C(=O)NCc2nc(-c3ccc(Cl)cc3)cs2)NN1. The maximum Gasteiger partial charge on any atom is 0.238 e. The van der Waals surface area contributed by atoms with E-state index in [1.807, 2.05) is 36.6 Å². The third-order valence-corrected chi connectivity index (χ3v) is 4.62. The van der Waals surface area contributed by atoms with Crippen LogP contribution in [0.2, 0.25) is 5.02 Å². The lowest BCUT2D eigenvalue weighted by Gasteiger charge is -2.09. The number of hydrazine groups is 1. The van der Waals surface area contributed by atoms with E-state index in [1.165, 1.54) is 11.3 Å². The summed E-state index contributed by atoms with van der Waals surface area (Å²) < 4.78 is 0. The van der Waals surface area contributed by atoms with Crippen LogP contribution in [0.4, 0.5) is 0 Å². The smallest absolute Gasteiger partial charge is 0.238 e. The molecule has 1 aliphatic heterocycles. The van der Waals surface area contributed by atoms with Gasteiger partial charge in [-0.1, -0.05) is 23.7 Å². The molecule has 5 nitrogen and oxygen atoms in total. The summed E-state index contributed by atoms with van der Waals surface area (Å²) in [4.78, 5) is 16.6. The van der Waals surface area contributed by atoms with E-state index in [0.29, 0.717) is 17.6 Å². The number of nitrogens with zero attached hydrogens (tertiary/aromatic N) is 1. The second kappa shape index (κ2) is 6.75. The maximum atomic E-state index is 12.0. The molecule has 3 rings (SSSR count). The van der Waals surface area contributed by atoms with Gasteiger partial charge in [-0.2, -0.15) is 0 Å². The number of nitrogens with one attached hydrogen (secondary N) is 3. The molecular formula is C15H17ClN4OS. The molecule has 1 fully saturated rings. The highest BCUT2D eigenvalue weighted by molar-refractivity contribution is 7.09. The number of carbonyl (C=O) groups is 1. The first-order chi connectivity index (χ1) is 10.6. The number of benzene rings is 1. The summed E-state index contributed by atoms with van der Waals surface area (Å²) in [6, 6.07) is 7.71. The highest BCUT2D eigenvalue weighted by Crippen LogP contribution is 2.23. The molecular weight excluding hydrogens is 320 g/mol. The average Bonchev–Trinajstić information content (AvgIpc) is 3.15. The second-order valence-corrected chi connectivity index (χ2v) is 6.71. The van der Waals surface area contributed by atoms with Crippen LogP contribution in [0.3, 0.4) is 0 Å². The predicted molar refractivity (Wildman–Crippen MR) is 88.5 cm³/mol. The molecule has 0 spiro atoms. The minimum absolute atomic E-state index is 0.0000860. The second-order valence-electron chi connectivity index (χ2n) is 5.33. The van der Waals surface area contributed by atoms with Crippen molar-refractivity contribution in [1.82, 2.24) is 21.2 Å². The van der Waals surface area contributed by atoms with Crippen LogP contribution in [0.25, 0.3) is 11.3 Å². The van der Waals surface area contributed by atoms with E-state index in [0.717, 1.165) is 22.7 Å². The third kappa shape index (κ3) is 3.64. The summed E-state index contributed by atoms with van der Waals surface area (Å²) in [5.74, 6) is 0.0000860. The third-order valence-electron chi connectivity index (χ3n) is 3.52. The maximum absolute atomic E-state index is 12.0. The van der Waals surface area contributed by atoms with E-state index in [4.69, 9.17) is 11.6 Å². The van der Waals surface area contributed by atoms with Gasteiger partial charge in [0.15, 0.2) is 0 Å². The fourth-order valence-corrected chi connectivity index (χ4v) is 3.19. The Morgan fingerprint density at radius 2 is 2.18 bits per heavy atom. The molecule has 22 heavy (non-hydrogen) atoms. The summed E-state index contributed by atoms with van der Waals surface area (Å²) >= 11 is 7.42. The van der Waals surface area contributed by atoms with Gasteiger partial charge in [0, 0.05) is 22.0 Å². The van der Waals surface area contributed by atoms with Gasteiger partial charge < -0.3 is 5.32 Å². The molecule has 2 atom stereocenters. The summed E-state index contributed by atoms with van der Waals surface area (Å²) in [5.41, 5.74) is 7.96. The molecule has 7 heteroatoms. The standard InChI is InChI=1S/C15H17ClN4OS/c1-9-6-12(20-19-9)15(21)17-7-14-18-13(8-22-14)10-2-4-11(16)5-3-10/h2-5,8-9,12,19-20H,6-7H2,1H3,(H,17,21). The van der Waals surface area contributed by atoms with Crippen LogP contribution >= 0.6 is 22.9 Å². The number of carbonyl (C=O) groups excluding carboxylic acids is 1. The Bertz CT molecular complexity index is 658. The molecule has 1 aromatic carbocycles. The molecule has 0 aliphatic carbocycles. The Morgan fingerprint density at radius 1 is 1.41 bits per heavy atom. The zero-order valence-corrected chi connectivity index (χ0v) is 13.7. The van der Waals surface area contributed by atoms with Crippen molar-refractivity contribution in [3.63, 3.8) is 0 Å². The minimum Gasteiger partial charge on any atom is -0.348 e. The lowest BCUT2D eigenvalue weighted by atomic mass is 10.1. The monoisotopic (exact) mass is 336 g/mol. The van der Waals surface area contributed by atoms with Crippen molar-refractivity contribution in [3.8, 4) is 11.3 Å². The van der Waals surface area contributed by atoms with Crippen LogP contribution in [0.5, 0.6) is 0 Å². The van der Waals surface area contributed by atoms with Gasteiger partial charge in [-0.05, 0) is 25.5 Å². The van der Waals surface area contributed by atoms with Crippen molar-refractivity contribution in [2.24, 2.45) is 0 Å². The number of amides is 1. The Morgan fingerprint density at radius 3 is 2.86 bits per heavy atom. The number of rotatable bonds is 4. The van der Waals surface area contributed by atoms with Gasteiger partial charge in [-0.3, -0.25) is 10.2 Å². The molecule has 1 saturated heterocycles. The highest BCUT2D eigenvalue weighted by atomic mass is 35.5. The Kier molecular flexibility index (Phi) is 4.73. The Labute approximate surface area is 138 Å². The lowest BCUT2D eigenvalue weighted by Crippen LogP contribution is -2.43. The van der Waals surface area contributed by atoms with Crippen molar-refractivity contribution >= 4 is 28.8 Å². The van der Waals surface area contributed by atoms with Gasteiger partial charge in [-0.25, -0.2) is 10.4 Å². The van der Waals surface area contributed by atoms with Gasteiger partial charge in [0.05, 0.1) is 12.2 Å². The molecule has 2 heterocycles. The van der Waals surface area contributed by atoms with Crippen molar-refractivity contribution in [2.75, 3.05) is 0 Å². The van der Waals surface area contributed by atoms with Crippen LogP contribution in [0, 0.1) is 0 Å². The van der Waals surface area contributed by atoms with Crippen LogP contribution in [0.1, 0.15) is 18.4 Å². The number of aromatic nitrogens is 1. The lowest BCUT2D eigenvalue weighted by molar-refractivity contribution is -0.123. The first-order valence-electron chi connectivity index (χ1n) is 7.11. The number of thiazole rings is 1. The number of hydrogen-bond acceptors (Lipinski definition) is 5. The Hall–Kier alpha value is -1.47. The average molecular weight is 337 g/mol. The summed E-state index contributed by atoms with van der Waals surface area (Å²) in [5, 5.41) is 6.50. The molecule has 0 bridgehead atoms. The molecule has 1 aliphatic rings. The van der Waals surface area contributed by atoms with E-state index in [2.05, 4.69) is 21.2 Å². The fraction of sp³-hybridized carbons (Fsp3) is 0.333. The molecule has 1 amide bonds. The number of halogens is 1. The van der Waals surface area contributed by atoms with E-state index in [1.54, 1.807) is 0 Å². The van der Waals surface area contributed by atoms with E-state index < -0.39 is 0 Å². The summed E-state index contributed by atoms with van der Waals surface area (Å²) in [6.07, 6.45) is 0.791. The largest absolute Gasteiger partial charge is 0.348 e. The van der Waals surface area contributed by atoms with Crippen LogP contribution in [0.15, 0.2) is 29.6 Å². The van der Waals surface area contributed by atoms with Crippen molar-refractivity contribution in [2.45, 2.75) is 32.0 Å². The van der Waals surface area contributed by atoms with Gasteiger partial charge >= 0.3 is 0 Å². The van der Waals surface area contributed by atoms with Gasteiger partial charge in [-0.15, -0.1) is 11.3 Å². The molecule has 0 radical (unpaired) electrons. The molecule has 116 valence electrons. The summed E-state index contributed by atoms with van der Waals surface area (Å²) in [6.45, 7) is 2.49. The molecule has 3 N–H and O–H groups in total.